The van der Waals surface area contributed by atoms with Crippen LogP contribution in [0.2, 0.25) is 0 Å². The van der Waals surface area contributed by atoms with Gasteiger partial charge in [-0.1, -0.05) is 12.1 Å². The van der Waals surface area contributed by atoms with Crippen LogP contribution in [0.25, 0.3) is 0 Å². The maximum Gasteiger partial charge on any atom is 0.147 e. The Kier molecular flexibility index (Phi) is 2.41. The molecular weight excluding hydrogens is 188 g/mol. The Bertz CT molecular complexity index is 456. The summed E-state index contributed by atoms with van der Waals surface area (Å²) in [6, 6.07) is 7.81. The Morgan fingerprint density at radius 2 is 1.87 bits per heavy atom. The first-order valence-electron chi connectivity index (χ1n) is 4.87. The lowest BCUT2D eigenvalue weighted by Gasteiger charge is -2.03. The van der Waals surface area contributed by atoms with Gasteiger partial charge in [0.2, 0.25) is 0 Å². The molecule has 1 aromatic carbocycles. The Morgan fingerprint density at radius 3 is 2.40 bits per heavy atom. The summed E-state index contributed by atoms with van der Waals surface area (Å²) in [7, 11) is 0. The van der Waals surface area contributed by atoms with Crippen LogP contribution in [0.15, 0.2) is 24.3 Å². The zero-order valence-electron chi connectivity index (χ0n) is 8.94. The minimum atomic E-state index is 0.743. The Balaban J connectivity index is 2.21. The molecule has 0 amide bonds. The molecule has 0 radical (unpaired) electrons. The van der Waals surface area contributed by atoms with Crippen molar-refractivity contribution in [3.63, 3.8) is 0 Å². The second-order valence-electron chi connectivity index (χ2n) is 3.61. The van der Waals surface area contributed by atoms with Crippen molar-refractivity contribution >= 4 is 5.69 Å². The molecule has 2 N–H and O–H groups in total. The van der Waals surface area contributed by atoms with E-state index in [1.54, 1.807) is 0 Å². The third kappa shape index (κ3) is 2.15. The van der Waals surface area contributed by atoms with Crippen LogP contribution < -0.4 is 5.73 Å². The van der Waals surface area contributed by atoms with Gasteiger partial charge in [0.15, 0.2) is 0 Å². The SMILES string of the molecule is Cc1nc(C)n(Cc2ccc(N)cc2)n1. The topological polar surface area (TPSA) is 56.7 Å². The molecule has 2 aromatic rings. The fraction of sp³-hybridized carbons (Fsp3) is 0.273. The number of anilines is 1. The number of nitrogens with zero attached hydrogens (tertiary/aromatic N) is 3. The van der Waals surface area contributed by atoms with Crippen molar-refractivity contribution in [3.05, 3.63) is 41.5 Å². The molecule has 0 aliphatic heterocycles. The molecule has 4 heteroatoms. The van der Waals surface area contributed by atoms with E-state index in [2.05, 4.69) is 10.1 Å². The van der Waals surface area contributed by atoms with Crippen LogP contribution in [0.3, 0.4) is 0 Å². The fourth-order valence-electron chi connectivity index (χ4n) is 1.51. The summed E-state index contributed by atoms with van der Waals surface area (Å²) in [5.41, 5.74) is 7.58. The molecule has 0 aliphatic rings. The van der Waals surface area contributed by atoms with Crippen molar-refractivity contribution < 1.29 is 0 Å². The zero-order valence-corrected chi connectivity index (χ0v) is 8.94. The molecule has 0 saturated carbocycles. The number of rotatable bonds is 2. The van der Waals surface area contributed by atoms with E-state index in [4.69, 9.17) is 5.73 Å². The van der Waals surface area contributed by atoms with Gasteiger partial charge < -0.3 is 5.73 Å². The number of aryl methyl sites for hydroxylation is 2. The molecule has 0 aliphatic carbocycles. The van der Waals surface area contributed by atoms with Crippen LogP contribution in [-0.2, 0) is 6.54 Å². The highest BCUT2D eigenvalue weighted by Crippen LogP contribution is 2.08. The summed E-state index contributed by atoms with van der Waals surface area (Å²) in [5, 5.41) is 4.30. The predicted octanol–water partition coefficient (Wildman–Crippen LogP) is 1.53. The second-order valence-corrected chi connectivity index (χ2v) is 3.61. The predicted molar refractivity (Wildman–Crippen MR) is 59.5 cm³/mol. The monoisotopic (exact) mass is 202 g/mol. The van der Waals surface area contributed by atoms with E-state index in [9.17, 15) is 0 Å². The quantitative estimate of drug-likeness (QED) is 0.751. The van der Waals surface area contributed by atoms with Crippen molar-refractivity contribution in [2.75, 3.05) is 5.73 Å². The standard InChI is InChI=1S/C11H14N4/c1-8-13-9(2)15(14-8)7-10-3-5-11(12)6-4-10/h3-6H,7,12H2,1-2H3. The lowest BCUT2D eigenvalue weighted by molar-refractivity contribution is 0.656. The second kappa shape index (κ2) is 3.73. The molecule has 78 valence electrons. The molecule has 15 heavy (non-hydrogen) atoms. The molecule has 0 spiro atoms. The van der Waals surface area contributed by atoms with Crippen molar-refractivity contribution in [2.45, 2.75) is 20.4 Å². The van der Waals surface area contributed by atoms with Crippen molar-refractivity contribution in [1.29, 1.82) is 0 Å². The lowest BCUT2D eigenvalue weighted by atomic mass is 10.2. The largest absolute Gasteiger partial charge is 0.399 e. The Labute approximate surface area is 88.8 Å². The van der Waals surface area contributed by atoms with Gasteiger partial charge in [-0.3, -0.25) is 0 Å². The first kappa shape index (κ1) is 9.71. The van der Waals surface area contributed by atoms with Gasteiger partial charge in [0.05, 0.1) is 6.54 Å². The highest BCUT2D eigenvalue weighted by Gasteiger charge is 2.02. The molecule has 2 rings (SSSR count). The van der Waals surface area contributed by atoms with Gasteiger partial charge in [-0.15, -0.1) is 0 Å². The van der Waals surface area contributed by atoms with Crippen LogP contribution in [0.1, 0.15) is 17.2 Å². The molecule has 0 saturated heterocycles. The third-order valence-corrected chi connectivity index (χ3v) is 2.27. The molecule has 0 fully saturated rings. The molecule has 1 heterocycles. The lowest BCUT2D eigenvalue weighted by Crippen LogP contribution is -2.04. The molecule has 0 bridgehead atoms. The van der Waals surface area contributed by atoms with Crippen molar-refractivity contribution in [1.82, 2.24) is 14.8 Å². The summed E-state index contributed by atoms with van der Waals surface area (Å²) in [6.07, 6.45) is 0. The summed E-state index contributed by atoms with van der Waals surface area (Å²) in [4.78, 5) is 4.25. The number of benzene rings is 1. The minimum absolute atomic E-state index is 0.743. The first-order chi connectivity index (χ1) is 7.15. The molecular formula is C11H14N4. The van der Waals surface area contributed by atoms with E-state index in [0.717, 1.165) is 23.9 Å². The van der Waals surface area contributed by atoms with Gasteiger partial charge in [0.1, 0.15) is 11.6 Å². The number of aromatic nitrogens is 3. The molecule has 1 aromatic heterocycles. The Hall–Kier alpha value is -1.84. The zero-order chi connectivity index (χ0) is 10.8. The summed E-state index contributed by atoms with van der Waals surface area (Å²) in [5.74, 6) is 1.74. The van der Waals surface area contributed by atoms with E-state index in [0.29, 0.717) is 0 Å². The van der Waals surface area contributed by atoms with Crippen LogP contribution in [0.5, 0.6) is 0 Å². The van der Waals surface area contributed by atoms with E-state index in [-0.39, 0.29) is 0 Å². The fourth-order valence-corrected chi connectivity index (χ4v) is 1.51. The highest BCUT2D eigenvalue weighted by atomic mass is 15.3. The smallest absolute Gasteiger partial charge is 0.147 e. The van der Waals surface area contributed by atoms with Gasteiger partial charge in [-0.2, -0.15) is 5.10 Å². The highest BCUT2D eigenvalue weighted by molar-refractivity contribution is 5.39. The molecule has 0 unspecified atom stereocenters. The van der Waals surface area contributed by atoms with Crippen LogP contribution in [-0.4, -0.2) is 14.8 Å². The number of nitrogens with two attached hydrogens (primary N) is 1. The molecule has 0 atom stereocenters. The van der Waals surface area contributed by atoms with Gasteiger partial charge in [0, 0.05) is 5.69 Å². The van der Waals surface area contributed by atoms with Crippen LogP contribution in [0.4, 0.5) is 5.69 Å². The van der Waals surface area contributed by atoms with Crippen LogP contribution >= 0.6 is 0 Å². The van der Waals surface area contributed by atoms with Crippen molar-refractivity contribution in [2.24, 2.45) is 0 Å². The van der Waals surface area contributed by atoms with Crippen molar-refractivity contribution in [3.8, 4) is 0 Å². The van der Waals surface area contributed by atoms with E-state index >= 15 is 0 Å². The third-order valence-electron chi connectivity index (χ3n) is 2.27. The van der Waals surface area contributed by atoms with E-state index < -0.39 is 0 Å². The average Bonchev–Trinajstić information content (AvgIpc) is 2.49. The number of hydrogen-bond acceptors (Lipinski definition) is 3. The summed E-state index contributed by atoms with van der Waals surface area (Å²) in [6.45, 7) is 4.59. The number of hydrogen-bond donors (Lipinski definition) is 1. The minimum Gasteiger partial charge on any atom is -0.399 e. The van der Waals surface area contributed by atoms with Crippen LogP contribution in [0, 0.1) is 13.8 Å². The maximum atomic E-state index is 5.62. The summed E-state index contributed by atoms with van der Waals surface area (Å²) >= 11 is 0. The van der Waals surface area contributed by atoms with E-state index in [1.807, 2.05) is 42.8 Å². The van der Waals surface area contributed by atoms with Gasteiger partial charge in [0.25, 0.3) is 0 Å². The van der Waals surface area contributed by atoms with Gasteiger partial charge in [-0.05, 0) is 31.5 Å². The Morgan fingerprint density at radius 1 is 1.20 bits per heavy atom. The van der Waals surface area contributed by atoms with E-state index in [1.165, 1.54) is 5.56 Å². The first-order valence-corrected chi connectivity index (χ1v) is 4.87. The summed E-state index contributed by atoms with van der Waals surface area (Å²) < 4.78 is 1.89. The maximum absolute atomic E-state index is 5.62. The molecule has 4 nitrogen and oxygen atoms in total. The average molecular weight is 202 g/mol. The number of nitrogen functional groups attached to an aromatic ring is 1. The normalized spacial score (nSPS) is 10.5. The van der Waals surface area contributed by atoms with Gasteiger partial charge in [-0.25, -0.2) is 9.67 Å². The van der Waals surface area contributed by atoms with Gasteiger partial charge >= 0.3 is 0 Å².